The van der Waals surface area contributed by atoms with Crippen LogP contribution in [0, 0.1) is 0 Å². The van der Waals surface area contributed by atoms with Gasteiger partial charge in [-0.3, -0.25) is 9.48 Å². The van der Waals surface area contributed by atoms with Gasteiger partial charge in [-0.15, -0.1) is 0 Å². The summed E-state index contributed by atoms with van der Waals surface area (Å²) in [6.45, 7) is 0.744. The van der Waals surface area contributed by atoms with Gasteiger partial charge in [0, 0.05) is 50.4 Å². The van der Waals surface area contributed by atoms with Crippen molar-refractivity contribution in [2.45, 2.75) is 6.42 Å². The number of aromatic nitrogens is 3. The second-order valence-electron chi connectivity index (χ2n) is 5.13. The summed E-state index contributed by atoms with van der Waals surface area (Å²) in [4.78, 5) is 12.0. The van der Waals surface area contributed by atoms with Crippen LogP contribution in [-0.4, -0.2) is 20.9 Å². The number of fused-ring (bicyclic) bond motifs is 1. The Balaban J connectivity index is 1.84. The number of hydrogen-bond acceptors (Lipinski definition) is 3. The van der Waals surface area contributed by atoms with Gasteiger partial charge >= 0.3 is 0 Å². The summed E-state index contributed by atoms with van der Waals surface area (Å²) in [5, 5.41) is 8.75. The summed E-state index contributed by atoms with van der Waals surface area (Å²) >= 11 is 0. The van der Waals surface area contributed by atoms with Crippen LogP contribution in [0.1, 0.15) is 5.69 Å². The van der Waals surface area contributed by atoms with Crippen molar-refractivity contribution < 1.29 is 0 Å². The maximum absolute atomic E-state index is 12.0. The van der Waals surface area contributed by atoms with E-state index in [1.807, 2.05) is 43.6 Å². The Morgan fingerprint density at radius 1 is 1.19 bits per heavy atom. The van der Waals surface area contributed by atoms with Crippen LogP contribution < -0.4 is 10.9 Å². The fourth-order valence-corrected chi connectivity index (χ4v) is 2.48. The van der Waals surface area contributed by atoms with Crippen molar-refractivity contribution in [1.82, 2.24) is 14.3 Å². The molecule has 0 spiro atoms. The van der Waals surface area contributed by atoms with Crippen molar-refractivity contribution in [3.05, 3.63) is 58.6 Å². The Hall–Kier alpha value is -2.56. The van der Waals surface area contributed by atoms with Crippen LogP contribution in [0.3, 0.4) is 0 Å². The molecule has 2 heterocycles. The first-order valence-electron chi connectivity index (χ1n) is 6.96. The van der Waals surface area contributed by atoms with Gasteiger partial charge in [-0.1, -0.05) is 18.2 Å². The van der Waals surface area contributed by atoms with E-state index in [4.69, 9.17) is 0 Å². The van der Waals surface area contributed by atoms with Gasteiger partial charge in [0.2, 0.25) is 0 Å². The highest BCUT2D eigenvalue weighted by Gasteiger charge is 2.06. The summed E-state index contributed by atoms with van der Waals surface area (Å²) in [6, 6.07) is 11.6. The summed E-state index contributed by atoms with van der Waals surface area (Å²) in [7, 11) is 3.70. The maximum atomic E-state index is 12.0. The molecule has 5 heteroatoms. The predicted octanol–water partition coefficient (Wildman–Crippen LogP) is 1.93. The molecule has 0 aliphatic heterocycles. The molecule has 0 aliphatic rings. The molecule has 0 atom stereocenters. The largest absolute Gasteiger partial charge is 0.384 e. The Morgan fingerprint density at radius 2 is 2.00 bits per heavy atom. The van der Waals surface area contributed by atoms with E-state index >= 15 is 0 Å². The van der Waals surface area contributed by atoms with Gasteiger partial charge in [0.1, 0.15) is 0 Å². The number of pyridine rings is 1. The first-order chi connectivity index (χ1) is 10.1. The standard InChI is InChI=1S/C16H18N4O/c1-19-10-8-12(18-19)7-9-17-14-11-16(21)20(2)15-6-4-3-5-13(14)15/h3-6,8,10-11,17H,7,9H2,1-2H3. The van der Waals surface area contributed by atoms with E-state index in [-0.39, 0.29) is 5.56 Å². The minimum Gasteiger partial charge on any atom is -0.384 e. The van der Waals surface area contributed by atoms with E-state index in [2.05, 4.69) is 10.4 Å². The number of rotatable bonds is 4. The smallest absolute Gasteiger partial charge is 0.252 e. The zero-order chi connectivity index (χ0) is 14.8. The highest BCUT2D eigenvalue weighted by Crippen LogP contribution is 2.20. The van der Waals surface area contributed by atoms with Gasteiger partial charge in [-0.2, -0.15) is 5.10 Å². The minimum atomic E-state index is -0.00552. The maximum Gasteiger partial charge on any atom is 0.252 e. The SMILES string of the molecule is Cn1ccc(CCNc2cc(=O)n(C)c3ccccc23)n1. The molecule has 3 rings (SSSR count). The predicted molar refractivity (Wildman–Crippen MR) is 84.6 cm³/mol. The lowest BCUT2D eigenvalue weighted by Gasteiger charge is -2.11. The Bertz CT molecular complexity index is 832. The third-order valence-corrected chi connectivity index (χ3v) is 3.62. The molecule has 5 nitrogen and oxygen atoms in total. The lowest BCUT2D eigenvalue weighted by Crippen LogP contribution is -2.18. The number of nitrogens with zero attached hydrogens (tertiary/aromatic N) is 3. The van der Waals surface area contributed by atoms with Crippen LogP contribution in [0.25, 0.3) is 10.9 Å². The molecular weight excluding hydrogens is 264 g/mol. The van der Waals surface area contributed by atoms with Gasteiger partial charge in [0.05, 0.1) is 11.2 Å². The molecule has 0 aliphatic carbocycles. The van der Waals surface area contributed by atoms with Crippen molar-refractivity contribution in [1.29, 1.82) is 0 Å². The average Bonchev–Trinajstić information content (AvgIpc) is 2.90. The normalized spacial score (nSPS) is 11.0. The molecular formula is C16H18N4O. The third-order valence-electron chi connectivity index (χ3n) is 3.62. The molecule has 0 amide bonds. The lowest BCUT2D eigenvalue weighted by molar-refractivity contribution is 0.742. The molecule has 0 fully saturated rings. The molecule has 0 saturated heterocycles. The third kappa shape index (κ3) is 2.67. The fraction of sp³-hybridized carbons (Fsp3) is 0.250. The number of aryl methyl sites for hydroxylation is 2. The number of anilines is 1. The Labute approximate surface area is 122 Å². The number of hydrogen-bond donors (Lipinski definition) is 1. The molecule has 1 N–H and O–H groups in total. The van der Waals surface area contributed by atoms with Crippen LogP contribution in [0.4, 0.5) is 5.69 Å². The number of para-hydroxylation sites is 1. The van der Waals surface area contributed by atoms with Crippen LogP contribution in [0.15, 0.2) is 47.4 Å². The average molecular weight is 282 g/mol. The van der Waals surface area contributed by atoms with Gasteiger partial charge in [0.15, 0.2) is 0 Å². The van der Waals surface area contributed by atoms with E-state index < -0.39 is 0 Å². The van der Waals surface area contributed by atoms with Gasteiger partial charge < -0.3 is 9.88 Å². The molecule has 21 heavy (non-hydrogen) atoms. The zero-order valence-corrected chi connectivity index (χ0v) is 12.2. The monoisotopic (exact) mass is 282 g/mol. The quantitative estimate of drug-likeness (QED) is 0.795. The Kier molecular flexibility index (Phi) is 3.48. The van der Waals surface area contributed by atoms with Crippen molar-refractivity contribution in [3.63, 3.8) is 0 Å². The summed E-state index contributed by atoms with van der Waals surface area (Å²) in [5.41, 5.74) is 2.85. The van der Waals surface area contributed by atoms with Crippen LogP contribution in [0.2, 0.25) is 0 Å². The molecule has 0 unspecified atom stereocenters. The van der Waals surface area contributed by atoms with Crippen molar-refractivity contribution >= 4 is 16.6 Å². The van der Waals surface area contributed by atoms with Crippen LogP contribution >= 0.6 is 0 Å². The summed E-state index contributed by atoms with van der Waals surface area (Å²) < 4.78 is 3.46. The fourth-order valence-electron chi connectivity index (χ4n) is 2.48. The van der Waals surface area contributed by atoms with Crippen molar-refractivity contribution in [2.75, 3.05) is 11.9 Å². The molecule has 1 aromatic carbocycles. The topological polar surface area (TPSA) is 51.9 Å². The molecule has 2 aromatic heterocycles. The molecule has 0 saturated carbocycles. The van der Waals surface area contributed by atoms with Crippen molar-refractivity contribution in [3.8, 4) is 0 Å². The summed E-state index contributed by atoms with van der Waals surface area (Å²) in [6.07, 6.45) is 2.76. The van der Waals surface area contributed by atoms with Gasteiger partial charge in [-0.05, 0) is 12.1 Å². The molecule has 3 aromatic rings. The Morgan fingerprint density at radius 3 is 2.76 bits per heavy atom. The second kappa shape index (κ2) is 5.44. The van der Waals surface area contributed by atoms with E-state index in [0.29, 0.717) is 0 Å². The van der Waals surface area contributed by atoms with E-state index in [0.717, 1.165) is 35.2 Å². The lowest BCUT2D eigenvalue weighted by atomic mass is 10.1. The molecule has 0 bridgehead atoms. The van der Waals surface area contributed by atoms with Crippen LogP contribution in [0.5, 0.6) is 0 Å². The van der Waals surface area contributed by atoms with E-state index in [1.54, 1.807) is 22.4 Å². The van der Waals surface area contributed by atoms with Crippen molar-refractivity contribution in [2.24, 2.45) is 14.1 Å². The first kappa shape index (κ1) is 13.4. The number of benzene rings is 1. The van der Waals surface area contributed by atoms with Crippen LogP contribution in [-0.2, 0) is 20.5 Å². The van der Waals surface area contributed by atoms with Gasteiger partial charge in [-0.25, -0.2) is 0 Å². The van der Waals surface area contributed by atoms with E-state index in [9.17, 15) is 4.79 Å². The highest BCUT2D eigenvalue weighted by molar-refractivity contribution is 5.91. The van der Waals surface area contributed by atoms with Gasteiger partial charge in [0.25, 0.3) is 5.56 Å². The van der Waals surface area contributed by atoms with E-state index in [1.165, 1.54) is 0 Å². The first-order valence-corrected chi connectivity index (χ1v) is 6.96. The molecule has 0 radical (unpaired) electrons. The zero-order valence-electron chi connectivity index (χ0n) is 12.2. The second-order valence-corrected chi connectivity index (χ2v) is 5.13. The minimum absolute atomic E-state index is 0.00552. The summed E-state index contributed by atoms with van der Waals surface area (Å²) in [5.74, 6) is 0. The number of nitrogens with one attached hydrogen (secondary N) is 1. The molecule has 108 valence electrons. The highest BCUT2D eigenvalue weighted by atomic mass is 16.1.